The van der Waals surface area contributed by atoms with E-state index < -0.39 is 0 Å². The van der Waals surface area contributed by atoms with Gasteiger partial charge in [0.25, 0.3) is 0 Å². The number of hydrogen-bond acceptors (Lipinski definition) is 5. The predicted molar refractivity (Wildman–Crippen MR) is 104 cm³/mol. The normalized spacial score (nSPS) is 10.6. The number of nitrogens with one attached hydrogen (secondary N) is 2. The smallest absolute Gasteiger partial charge is 0.234 e. The third-order valence-corrected chi connectivity index (χ3v) is 5.18. The summed E-state index contributed by atoms with van der Waals surface area (Å²) in [6, 6.07) is 15.1. The molecule has 1 heterocycles. The van der Waals surface area contributed by atoms with Gasteiger partial charge < -0.3 is 5.32 Å². The van der Waals surface area contributed by atoms with Crippen molar-refractivity contribution in [3.8, 4) is 11.4 Å². The zero-order chi connectivity index (χ0) is 17.6. The molecule has 0 atom stereocenters. The van der Waals surface area contributed by atoms with E-state index in [-0.39, 0.29) is 11.7 Å². The minimum absolute atomic E-state index is 0.104. The number of aromatic nitrogens is 3. The lowest BCUT2D eigenvalue weighted by Gasteiger charge is -2.05. The molecule has 0 fully saturated rings. The SMILES string of the molecule is CSc1cccc(NC(=O)CSc2n[nH]c(-c3ccccc3Cl)n2)c1. The summed E-state index contributed by atoms with van der Waals surface area (Å²) in [6.45, 7) is 0. The summed E-state index contributed by atoms with van der Waals surface area (Å²) in [5, 5.41) is 11.0. The molecule has 1 amide bonds. The number of rotatable bonds is 6. The third-order valence-electron chi connectivity index (χ3n) is 3.28. The minimum Gasteiger partial charge on any atom is -0.325 e. The Morgan fingerprint density at radius 2 is 2.08 bits per heavy atom. The van der Waals surface area contributed by atoms with E-state index in [1.165, 1.54) is 11.8 Å². The van der Waals surface area contributed by atoms with Crippen LogP contribution >= 0.6 is 35.1 Å². The largest absolute Gasteiger partial charge is 0.325 e. The Hall–Kier alpha value is -1.96. The quantitative estimate of drug-likeness (QED) is 0.603. The Morgan fingerprint density at radius 3 is 2.88 bits per heavy atom. The van der Waals surface area contributed by atoms with Gasteiger partial charge in [0.05, 0.1) is 10.8 Å². The molecule has 0 unspecified atom stereocenters. The van der Waals surface area contributed by atoms with Crippen molar-refractivity contribution in [3.63, 3.8) is 0 Å². The molecule has 2 aromatic carbocycles. The van der Waals surface area contributed by atoms with Crippen LogP contribution in [0.25, 0.3) is 11.4 Å². The lowest BCUT2D eigenvalue weighted by Crippen LogP contribution is -2.14. The Morgan fingerprint density at radius 1 is 1.24 bits per heavy atom. The Labute approximate surface area is 159 Å². The molecule has 25 heavy (non-hydrogen) atoms. The van der Waals surface area contributed by atoms with Gasteiger partial charge in [-0.3, -0.25) is 9.89 Å². The first-order valence-corrected chi connectivity index (χ1v) is 9.98. The molecule has 0 radical (unpaired) electrons. The Bertz CT molecular complexity index is 884. The standard InChI is InChI=1S/C17H15ClN4OS2/c1-24-12-6-4-5-11(9-12)19-15(23)10-25-17-20-16(21-22-17)13-7-2-3-8-14(13)18/h2-9H,10H2,1H3,(H,19,23)(H,20,21,22). The molecule has 3 aromatic rings. The fourth-order valence-corrected chi connectivity index (χ4v) is 3.40. The molecule has 3 rings (SSSR count). The van der Waals surface area contributed by atoms with E-state index in [4.69, 9.17) is 11.6 Å². The molecule has 8 heteroatoms. The highest BCUT2D eigenvalue weighted by molar-refractivity contribution is 7.99. The number of anilines is 1. The second kappa shape index (κ2) is 8.42. The fourth-order valence-electron chi connectivity index (χ4n) is 2.11. The molecule has 0 aliphatic rings. The van der Waals surface area contributed by atoms with Crippen LogP contribution in [-0.2, 0) is 4.79 Å². The number of halogens is 1. The van der Waals surface area contributed by atoms with Crippen LogP contribution < -0.4 is 5.32 Å². The van der Waals surface area contributed by atoms with E-state index >= 15 is 0 Å². The van der Waals surface area contributed by atoms with Crippen molar-refractivity contribution in [3.05, 3.63) is 53.6 Å². The predicted octanol–water partition coefficient (Wildman–Crippen LogP) is 4.58. The summed E-state index contributed by atoms with van der Waals surface area (Å²) in [4.78, 5) is 17.6. The van der Waals surface area contributed by atoms with E-state index in [0.29, 0.717) is 16.0 Å². The maximum atomic E-state index is 12.1. The highest BCUT2D eigenvalue weighted by Crippen LogP contribution is 2.26. The lowest BCUT2D eigenvalue weighted by molar-refractivity contribution is -0.113. The summed E-state index contributed by atoms with van der Waals surface area (Å²) in [6.07, 6.45) is 2.00. The van der Waals surface area contributed by atoms with E-state index in [1.54, 1.807) is 17.8 Å². The zero-order valence-corrected chi connectivity index (χ0v) is 15.7. The average Bonchev–Trinajstić information content (AvgIpc) is 3.09. The van der Waals surface area contributed by atoms with Gasteiger partial charge in [0, 0.05) is 16.1 Å². The Kier molecular flexibility index (Phi) is 6.01. The van der Waals surface area contributed by atoms with Gasteiger partial charge in [-0.1, -0.05) is 41.6 Å². The van der Waals surface area contributed by atoms with E-state index in [2.05, 4.69) is 20.5 Å². The van der Waals surface area contributed by atoms with Crippen LogP contribution in [0.15, 0.2) is 58.6 Å². The van der Waals surface area contributed by atoms with Crippen molar-refractivity contribution in [2.45, 2.75) is 10.1 Å². The van der Waals surface area contributed by atoms with Crippen LogP contribution in [0.4, 0.5) is 5.69 Å². The number of thioether (sulfide) groups is 2. The van der Waals surface area contributed by atoms with Gasteiger partial charge in [-0.25, -0.2) is 4.98 Å². The maximum Gasteiger partial charge on any atom is 0.234 e. The second-order valence-corrected chi connectivity index (χ2v) is 7.24. The number of aromatic amines is 1. The van der Waals surface area contributed by atoms with Crippen molar-refractivity contribution in [2.75, 3.05) is 17.3 Å². The van der Waals surface area contributed by atoms with Gasteiger partial charge >= 0.3 is 0 Å². The topological polar surface area (TPSA) is 70.7 Å². The molecule has 0 bridgehead atoms. The van der Waals surface area contributed by atoms with Crippen LogP contribution in [0.5, 0.6) is 0 Å². The van der Waals surface area contributed by atoms with Crippen molar-refractivity contribution < 1.29 is 4.79 Å². The molecular formula is C17H15ClN4OS2. The molecule has 0 saturated heterocycles. The molecule has 1 aromatic heterocycles. The number of carbonyl (C=O) groups excluding carboxylic acids is 1. The van der Waals surface area contributed by atoms with Gasteiger partial charge in [0.1, 0.15) is 0 Å². The van der Waals surface area contributed by atoms with Crippen molar-refractivity contribution in [1.29, 1.82) is 0 Å². The monoisotopic (exact) mass is 390 g/mol. The van der Waals surface area contributed by atoms with Crippen molar-refractivity contribution in [2.24, 2.45) is 0 Å². The second-order valence-electron chi connectivity index (χ2n) is 5.02. The zero-order valence-electron chi connectivity index (χ0n) is 13.3. The van der Waals surface area contributed by atoms with Crippen molar-refractivity contribution >= 4 is 46.7 Å². The summed E-state index contributed by atoms with van der Waals surface area (Å²) in [5.41, 5.74) is 1.56. The van der Waals surface area contributed by atoms with Gasteiger partial charge in [0.15, 0.2) is 5.82 Å². The summed E-state index contributed by atoms with van der Waals surface area (Å²) < 4.78 is 0. The molecule has 0 aliphatic carbocycles. The summed E-state index contributed by atoms with van der Waals surface area (Å²) in [7, 11) is 0. The molecule has 0 spiro atoms. The van der Waals surface area contributed by atoms with Gasteiger partial charge in [-0.05, 0) is 36.6 Å². The molecule has 5 nitrogen and oxygen atoms in total. The fraction of sp³-hybridized carbons (Fsp3) is 0.118. The Balaban J connectivity index is 1.58. The number of benzene rings is 2. The van der Waals surface area contributed by atoms with Gasteiger partial charge in [0.2, 0.25) is 11.1 Å². The molecule has 128 valence electrons. The third kappa shape index (κ3) is 4.78. The lowest BCUT2D eigenvalue weighted by atomic mass is 10.2. The highest BCUT2D eigenvalue weighted by Gasteiger charge is 2.11. The van der Waals surface area contributed by atoms with Crippen LogP contribution in [0.2, 0.25) is 5.02 Å². The first kappa shape index (κ1) is 17.8. The summed E-state index contributed by atoms with van der Waals surface area (Å²) in [5.74, 6) is 0.706. The van der Waals surface area contributed by atoms with Crippen LogP contribution in [0, 0.1) is 0 Å². The number of H-pyrrole nitrogens is 1. The molecule has 0 aliphatic heterocycles. The van der Waals surface area contributed by atoms with Gasteiger partial charge in [-0.2, -0.15) is 0 Å². The molecular weight excluding hydrogens is 376 g/mol. The van der Waals surface area contributed by atoms with Crippen molar-refractivity contribution in [1.82, 2.24) is 15.2 Å². The van der Waals surface area contributed by atoms with E-state index in [0.717, 1.165) is 16.1 Å². The molecule has 0 saturated carbocycles. The van der Waals surface area contributed by atoms with Crippen LogP contribution in [0.1, 0.15) is 0 Å². The maximum absolute atomic E-state index is 12.1. The van der Waals surface area contributed by atoms with Gasteiger partial charge in [-0.15, -0.1) is 16.9 Å². The number of nitrogens with zero attached hydrogens (tertiary/aromatic N) is 2. The number of hydrogen-bond donors (Lipinski definition) is 2. The summed E-state index contributed by atoms with van der Waals surface area (Å²) >= 11 is 9.05. The highest BCUT2D eigenvalue weighted by atomic mass is 35.5. The number of carbonyl (C=O) groups is 1. The molecule has 2 N–H and O–H groups in total. The van der Waals surface area contributed by atoms with Crippen LogP contribution in [0.3, 0.4) is 0 Å². The van der Waals surface area contributed by atoms with E-state index in [1.807, 2.05) is 48.7 Å². The van der Waals surface area contributed by atoms with E-state index in [9.17, 15) is 4.79 Å². The first-order chi connectivity index (χ1) is 12.2. The first-order valence-electron chi connectivity index (χ1n) is 7.39. The average molecular weight is 391 g/mol. The van der Waals surface area contributed by atoms with Crippen LogP contribution in [-0.4, -0.2) is 33.1 Å². The number of amides is 1. The minimum atomic E-state index is -0.104.